The molecule has 2 aliphatic heterocycles. The highest BCUT2D eigenvalue weighted by Crippen LogP contribution is 2.31. The summed E-state index contributed by atoms with van der Waals surface area (Å²) < 4.78 is 5.22. The maximum atomic E-state index is 5.22. The quantitative estimate of drug-likeness (QED) is 0.702. The topological polar surface area (TPSA) is 19.0 Å². The van der Waals surface area contributed by atoms with Crippen LogP contribution in [-0.2, 0) is 4.74 Å². The zero-order valence-corrected chi connectivity index (χ0v) is 10.9. The van der Waals surface area contributed by atoms with E-state index in [9.17, 15) is 0 Å². The van der Waals surface area contributed by atoms with Crippen molar-refractivity contribution in [2.45, 2.75) is 25.6 Å². The zero-order chi connectivity index (χ0) is 11.6. The third kappa shape index (κ3) is 1.99. The normalized spacial score (nSPS) is 33.9. The van der Waals surface area contributed by atoms with E-state index in [1.807, 2.05) is 0 Å². The van der Waals surface area contributed by atoms with E-state index >= 15 is 0 Å². The maximum absolute atomic E-state index is 5.22. The Balaban J connectivity index is 2.06. The third-order valence-corrected chi connectivity index (χ3v) is 4.30. The van der Waals surface area contributed by atoms with Gasteiger partial charge < -0.3 is 4.74 Å². The molecule has 2 rings (SSSR count). The molecule has 16 heavy (non-hydrogen) atoms. The van der Waals surface area contributed by atoms with Crippen LogP contribution < -0.4 is 0 Å². The van der Waals surface area contributed by atoms with Crippen LogP contribution in [0.4, 0.5) is 0 Å². The molecule has 1 unspecified atom stereocenters. The van der Waals surface area contributed by atoms with Crippen molar-refractivity contribution in [3.05, 3.63) is 0 Å². The number of nitrogens with zero attached hydrogens (tertiary/aromatic N) is 3. The molecule has 0 spiro atoms. The number of methoxy groups -OCH3 is 1. The fourth-order valence-corrected chi connectivity index (χ4v) is 3.04. The Morgan fingerprint density at radius 2 is 1.81 bits per heavy atom. The van der Waals surface area contributed by atoms with Gasteiger partial charge in [-0.25, -0.2) is 0 Å². The molecule has 94 valence electrons. The summed E-state index contributed by atoms with van der Waals surface area (Å²) in [7, 11) is 4.03. The van der Waals surface area contributed by atoms with Crippen LogP contribution in [0.1, 0.15) is 19.8 Å². The number of hydrogen-bond donors (Lipinski definition) is 0. The molecule has 0 aliphatic carbocycles. The number of ether oxygens (including phenoxy) is 1. The minimum absolute atomic E-state index is 0.120. The van der Waals surface area contributed by atoms with Crippen molar-refractivity contribution < 1.29 is 4.74 Å². The van der Waals surface area contributed by atoms with Crippen LogP contribution in [0.2, 0.25) is 0 Å². The Bertz CT molecular complexity index is 230. The first-order valence-corrected chi connectivity index (χ1v) is 6.40. The highest BCUT2D eigenvalue weighted by Gasteiger charge is 2.46. The smallest absolute Gasteiger partial charge is 0.128 e. The summed E-state index contributed by atoms with van der Waals surface area (Å²) in [5, 5.41) is 0. The lowest BCUT2D eigenvalue weighted by molar-refractivity contribution is -0.0924. The minimum atomic E-state index is 0.120. The van der Waals surface area contributed by atoms with E-state index in [0.29, 0.717) is 0 Å². The van der Waals surface area contributed by atoms with E-state index in [0.717, 1.165) is 26.2 Å². The molecule has 0 aromatic carbocycles. The monoisotopic (exact) mass is 227 g/mol. The predicted octanol–water partition coefficient (Wildman–Crippen LogP) is 0.650. The van der Waals surface area contributed by atoms with Crippen LogP contribution in [0.5, 0.6) is 0 Å². The van der Waals surface area contributed by atoms with Crippen LogP contribution in [0, 0.1) is 0 Å². The fraction of sp³-hybridized carbons (Fsp3) is 1.00. The van der Waals surface area contributed by atoms with Gasteiger partial charge in [0.1, 0.15) is 5.79 Å². The first-order chi connectivity index (χ1) is 7.69. The molecule has 0 radical (unpaired) electrons. The second-order valence-electron chi connectivity index (χ2n) is 5.07. The number of likely N-dealkylation sites (N-methyl/N-ethyl adjacent to an activating group) is 1. The molecule has 4 heteroatoms. The minimum Gasteiger partial charge on any atom is -0.383 e. The molecule has 0 aromatic heterocycles. The Labute approximate surface area is 99.1 Å². The van der Waals surface area contributed by atoms with Crippen molar-refractivity contribution in [2.24, 2.45) is 0 Å². The second-order valence-corrected chi connectivity index (χ2v) is 5.07. The largest absolute Gasteiger partial charge is 0.383 e. The summed E-state index contributed by atoms with van der Waals surface area (Å²) in [5.41, 5.74) is 0. The van der Waals surface area contributed by atoms with Crippen molar-refractivity contribution in [3.8, 4) is 0 Å². The average Bonchev–Trinajstić information content (AvgIpc) is 2.88. The lowest BCUT2D eigenvalue weighted by Gasteiger charge is -2.46. The summed E-state index contributed by atoms with van der Waals surface area (Å²) in [5.74, 6) is 0.120. The van der Waals surface area contributed by atoms with Crippen molar-refractivity contribution in [2.75, 3.05) is 53.5 Å². The van der Waals surface area contributed by atoms with E-state index in [4.69, 9.17) is 4.74 Å². The lowest BCUT2D eigenvalue weighted by Crippen LogP contribution is -2.61. The van der Waals surface area contributed by atoms with Gasteiger partial charge in [-0.15, -0.1) is 0 Å². The van der Waals surface area contributed by atoms with Gasteiger partial charge in [0.05, 0.1) is 6.61 Å². The van der Waals surface area contributed by atoms with Gasteiger partial charge in [0.15, 0.2) is 0 Å². The molecule has 0 saturated carbocycles. The molecule has 0 aromatic rings. The van der Waals surface area contributed by atoms with Gasteiger partial charge in [-0.3, -0.25) is 14.7 Å². The Hall–Kier alpha value is -0.160. The van der Waals surface area contributed by atoms with Crippen molar-refractivity contribution in [1.29, 1.82) is 0 Å². The molecule has 0 N–H and O–H groups in total. The van der Waals surface area contributed by atoms with Gasteiger partial charge in [-0.05, 0) is 26.8 Å². The summed E-state index contributed by atoms with van der Waals surface area (Å²) >= 11 is 0. The fourth-order valence-electron chi connectivity index (χ4n) is 3.04. The van der Waals surface area contributed by atoms with Gasteiger partial charge >= 0.3 is 0 Å². The van der Waals surface area contributed by atoms with Crippen LogP contribution in [0.3, 0.4) is 0 Å². The predicted molar refractivity (Wildman–Crippen MR) is 65.3 cm³/mol. The van der Waals surface area contributed by atoms with Crippen LogP contribution in [-0.4, -0.2) is 74.0 Å². The molecule has 1 atom stereocenters. The Kier molecular flexibility index (Phi) is 3.85. The summed E-state index contributed by atoms with van der Waals surface area (Å²) in [6.07, 6.45) is 2.70. The summed E-state index contributed by atoms with van der Waals surface area (Å²) in [6, 6.07) is 0. The molecule has 4 nitrogen and oxygen atoms in total. The van der Waals surface area contributed by atoms with Gasteiger partial charge in [-0.2, -0.15) is 0 Å². The van der Waals surface area contributed by atoms with Gasteiger partial charge in [0.25, 0.3) is 0 Å². The number of hydrogen-bond acceptors (Lipinski definition) is 4. The van der Waals surface area contributed by atoms with Gasteiger partial charge in [0, 0.05) is 39.8 Å². The van der Waals surface area contributed by atoms with Crippen molar-refractivity contribution >= 4 is 0 Å². The Morgan fingerprint density at radius 3 is 2.44 bits per heavy atom. The SMILES string of the molecule is COCCN1CCN(C)C1(C)N1CCCC1. The average molecular weight is 227 g/mol. The first kappa shape index (κ1) is 12.3. The number of rotatable bonds is 4. The molecular weight excluding hydrogens is 202 g/mol. The van der Waals surface area contributed by atoms with Crippen LogP contribution >= 0.6 is 0 Å². The standard InChI is InChI=1S/C12H25N3O/c1-12(14-6-4-5-7-14)13(2)8-9-15(12)10-11-16-3/h4-11H2,1-3H3. The van der Waals surface area contributed by atoms with E-state index in [-0.39, 0.29) is 5.79 Å². The zero-order valence-electron chi connectivity index (χ0n) is 10.9. The lowest BCUT2D eigenvalue weighted by atomic mass is 10.3. The molecular formula is C12H25N3O. The molecule has 2 aliphatic rings. The highest BCUT2D eigenvalue weighted by molar-refractivity contribution is 4.93. The van der Waals surface area contributed by atoms with E-state index in [1.165, 1.54) is 25.9 Å². The van der Waals surface area contributed by atoms with E-state index in [2.05, 4.69) is 28.7 Å². The molecule has 0 bridgehead atoms. The molecule has 0 amide bonds. The van der Waals surface area contributed by atoms with E-state index in [1.54, 1.807) is 7.11 Å². The summed E-state index contributed by atoms with van der Waals surface area (Å²) in [6.45, 7) is 9.03. The summed E-state index contributed by atoms with van der Waals surface area (Å²) in [4.78, 5) is 7.66. The molecule has 2 saturated heterocycles. The molecule has 2 heterocycles. The van der Waals surface area contributed by atoms with Gasteiger partial charge in [-0.1, -0.05) is 0 Å². The Morgan fingerprint density at radius 1 is 1.12 bits per heavy atom. The maximum Gasteiger partial charge on any atom is 0.128 e. The first-order valence-electron chi connectivity index (χ1n) is 6.40. The van der Waals surface area contributed by atoms with Crippen LogP contribution in [0.15, 0.2) is 0 Å². The van der Waals surface area contributed by atoms with Crippen molar-refractivity contribution in [3.63, 3.8) is 0 Å². The molecule has 2 fully saturated rings. The second kappa shape index (κ2) is 5.00. The van der Waals surface area contributed by atoms with Crippen molar-refractivity contribution in [1.82, 2.24) is 14.7 Å². The number of likely N-dealkylation sites (tertiary alicyclic amines) is 1. The highest BCUT2D eigenvalue weighted by atomic mass is 16.5. The van der Waals surface area contributed by atoms with Crippen LogP contribution in [0.25, 0.3) is 0 Å². The van der Waals surface area contributed by atoms with E-state index < -0.39 is 0 Å². The third-order valence-electron chi connectivity index (χ3n) is 4.30. The van der Waals surface area contributed by atoms with Gasteiger partial charge in [0.2, 0.25) is 0 Å².